The van der Waals surface area contributed by atoms with Gasteiger partial charge in [0.2, 0.25) is 5.78 Å². The summed E-state index contributed by atoms with van der Waals surface area (Å²) < 4.78 is 5.42. The lowest BCUT2D eigenvalue weighted by atomic mass is 9.78. The van der Waals surface area contributed by atoms with E-state index in [0.29, 0.717) is 23.3 Å². The van der Waals surface area contributed by atoms with Gasteiger partial charge in [-0.25, -0.2) is 9.59 Å². The lowest BCUT2D eigenvalue weighted by molar-refractivity contribution is -0.141. The van der Waals surface area contributed by atoms with Crippen molar-refractivity contribution < 1.29 is 29.3 Å². The van der Waals surface area contributed by atoms with E-state index in [4.69, 9.17) is 9.84 Å². The SMILES string of the molecule is CCCCCCC/C(O)=C1\C(=O)OC2(C)C(=O)c3cnc(/C=C/C(=O)O)cc3C=C12. The van der Waals surface area contributed by atoms with Gasteiger partial charge in [-0.05, 0) is 37.1 Å². The highest BCUT2D eigenvalue weighted by Gasteiger charge is 2.54. The molecule has 1 atom stereocenters. The first-order valence-electron chi connectivity index (χ1n) is 10.1. The molecule has 2 aliphatic rings. The van der Waals surface area contributed by atoms with Crippen LogP contribution in [-0.2, 0) is 14.3 Å². The molecule has 1 unspecified atom stereocenters. The highest BCUT2D eigenvalue weighted by Crippen LogP contribution is 2.45. The number of carbonyl (C=O) groups is 3. The summed E-state index contributed by atoms with van der Waals surface area (Å²) in [5.41, 5.74) is 0.0125. The molecule has 3 rings (SSSR count). The standard InChI is InChI=1S/C23H25NO6/c1-3-4-5-6-7-8-18(25)20-17-12-14-11-15(9-10-19(26)27)24-13-16(14)21(28)23(17,2)30-22(20)29/h9-13,25H,3-8H2,1-2H3,(H,26,27)/b10-9+,20-18+. The van der Waals surface area contributed by atoms with Crippen LogP contribution < -0.4 is 0 Å². The number of carboxylic acid groups (broad SMARTS) is 1. The van der Waals surface area contributed by atoms with Crippen LogP contribution in [0.5, 0.6) is 0 Å². The average molecular weight is 411 g/mol. The third-order valence-corrected chi connectivity index (χ3v) is 5.42. The van der Waals surface area contributed by atoms with Crippen LogP contribution in [0.15, 0.2) is 35.2 Å². The predicted octanol–water partition coefficient (Wildman–Crippen LogP) is 4.25. The zero-order chi connectivity index (χ0) is 21.9. The lowest BCUT2D eigenvalue weighted by Crippen LogP contribution is -2.39. The maximum atomic E-state index is 13.1. The van der Waals surface area contributed by atoms with Crippen molar-refractivity contribution in [3.63, 3.8) is 0 Å². The van der Waals surface area contributed by atoms with Crippen LogP contribution in [0.4, 0.5) is 0 Å². The van der Waals surface area contributed by atoms with Crippen molar-refractivity contribution in [1.82, 2.24) is 4.98 Å². The number of aliphatic hydroxyl groups is 1. The van der Waals surface area contributed by atoms with Crippen molar-refractivity contribution in [2.75, 3.05) is 0 Å². The zero-order valence-corrected chi connectivity index (χ0v) is 17.1. The Labute approximate surface area is 174 Å². The molecule has 2 heterocycles. The maximum absolute atomic E-state index is 13.1. The van der Waals surface area contributed by atoms with Gasteiger partial charge in [0.25, 0.3) is 0 Å². The molecule has 0 amide bonds. The van der Waals surface area contributed by atoms with Crippen molar-refractivity contribution >= 4 is 29.9 Å². The molecule has 1 aliphatic carbocycles. The molecular formula is C23H25NO6. The first-order chi connectivity index (χ1) is 14.3. The van der Waals surface area contributed by atoms with Gasteiger partial charge in [0.15, 0.2) is 5.60 Å². The van der Waals surface area contributed by atoms with Crippen LogP contribution in [0.25, 0.3) is 12.2 Å². The van der Waals surface area contributed by atoms with Gasteiger partial charge in [-0.3, -0.25) is 9.78 Å². The quantitative estimate of drug-likeness (QED) is 0.284. The molecule has 1 aliphatic heterocycles. The highest BCUT2D eigenvalue weighted by atomic mass is 16.6. The molecule has 0 aromatic carbocycles. The van der Waals surface area contributed by atoms with E-state index < -0.39 is 23.3 Å². The summed E-state index contributed by atoms with van der Waals surface area (Å²) in [5, 5.41) is 19.4. The summed E-state index contributed by atoms with van der Waals surface area (Å²) in [7, 11) is 0. The largest absolute Gasteiger partial charge is 0.511 e. The Morgan fingerprint density at radius 3 is 2.63 bits per heavy atom. The van der Waals surface area contributed by atoms with Gasteiger partial charge in [-0.15, -0.1) is 0 Å². The van der Waals surface area contributed by atoms with Gasteiger partial charge < -0.3 is 14.9 Å². The minimum absolute atomic E-state index is 0.0476. The van der Waals surface area contributed by atoms with E-state index in [1.54, 1.807) is 12.1 Å². The molecule has 1 saturated heterocycles. The molecule has 0 bridgehead atoms. The van der Waals surface area contributed by atoms with Crippen molar-refractivity contribution in [3.8, 4) is 0 Å². The number of aliphatic hydroxyl groups excluding tert-OH is 1. The van der Waals surface area contributed by atoms with Gasteiger partial charge in [0, 0.05) is 29.8 Å². The van der Waals surface area contributed by atoms with Gasteiger partial charge in [-0.1, -0.05) is 32.6 Å². The zero-order valence-electron chi connectivity index (χ0n) is 17.1. The molecule has 1 fully saturated rings. The van der Waals surface area contributed by atoms with E-state index in [0.717, 1.165) is 38.2 Å². The first kappa shape index (κ1) is 21.5. The third-order valence-electron chi connectivity index (χ3n) is 5.42. The number of hydrogen-bond donors (Lipinski definition) is 2. The first-order valence-corrected chi connectivity index (χ1v) is 10.1. The molecule has 1 aromatic heterocycles. The summed E-state index contributed by atoms with van der Waals surface area (Å²) in [6.45, 7) is 3.64. The fraction of sp³-hybridized carbons (Fsp3) is 0.391. The van der Waals surface area contributed by atoms with Crippen LogP contribution in [0.1, 0.15) is 74.0 Å². The predicted molar refractivity (Wildman–Crippen MR) is 111 cm³/mol. The van der Waals surface area contributed by atoms with Gasteiger partial charge >= 0.3 is 11.9 Å². The van der Waals surface area contributed by atoms with Crippen molar-refractivity contribution in [2.24, 2.45) is 0 Å². The molecule has 7 heteroatoms. The Kier molecular flexibility index (Phi) is 6.20. The third kappa shape index (κ3) is 4.06. The van der Waals surface area contributed by atoms with Crippen LogP contribution in [0.2, 0.25) is 0 Å². The second kappa shape index (κ2) is 8.65. The number of esters is 1. The van der Waals surface area contributed by atoms with E-state index in [9.17, 15) is 19.5 Å². The smallest absolute Gasteiger partial charge is 0.343 e. The fourth-order valence-corrected chi connectivity index (χ4v) is 3.77. The summed E-state index contributed by atoms with van der Waals surface area (Å²) in [6, 6.07) is 1.57. The normalized spacial score (nSPS) is 21.9. The second-order valence-electron chi connectivity index (χ2n) is 7.66. The number of aliphatic carboxylic acids is 1. The number of carbonyl (C=O) groups excluding carboxylic acids is 2. The second-order valence-corrected chi connectivity index (χ2v) is 7.66. The Hall–Kier alpha value is -3.22. The Morgan fingerprint density at radius 2 is 1.93 bits per heavy atom. The number of nitrogens with zero attached hydrogens (tertiary/aromatic N) is 1. The average Bonchev–Trinajstić information content (AvgIpc) is 2.96. The highest BCUT2D eigenvalue weighted by molar-refractivity contribution is 6.17. The number of fused-ring (bicyclic) bond motifs is 2. The molecular weight excluding hydrogens is 386 g/mol. The summed E-state index contributed by atoms with van der Waals surface area (Å²) >= 11 is 0. The number of pyridine rings is 1. The van der Waals surface area contributed by atoms with E-state index in [1.165, 1.54) is 19.2 Å². The van der Waals surface area contributed by atoms with E-state index in [1.807, 2.05) is 0 Å². The molecule has 0 spiro atoms. The Balaban J connectivity index is 1.96. The lowest BCUT2D eigenvalue weighted by Gasteiger charge is -2.27. The minimum Gasteiger partial charge on any atom is -0.511 e. The molecule has 0 radical (unpaired) electrons. The number of carboxylic acids is 1. The molecule has 158 valence electrons. The van der Waals surface area contributed by atoms with Crippen LogP contribution in [-0.4, -0.2) is 38.5 Å². The number of ether oxygens (including phenoxy) is 1. The van der Waals surface area contributed by atoms with Crippen LogP contribution in [0, 0.1) is 0 Å². The van der Waals surface area contributed by atoms with Crippen molar-refractivity contribution in [2.45, 2.75) is 58.0 Å². The van der Waals surface area contributed by atoms with E-state index in [2.05, 4.69) is 11.9 Å². The fourth-order valence-electron chi connectivity index (χ4n) is 3.77. The molecule has 1 aromatic rings. The number of unbranched alkanes of at least 4 members (excludes halogenated alkanes) is 4. The number of aromatic nitrogens is 1. The monoisotopic (exact) mass is 411 g/mol. The van der Waals surface area contributed by atoms with E-state index >= 15 is 0 Å². The van der Waals surface area contributed by atoms with Gasteiger partial charge in [0.1, 0.15) is 11.3 Å². The molecule has 0 saturated carbocycles. The van der Waals surface area contributed by atoms with Gasteiger partial charge in [0.05, 0.1) is 5.69 Å². The summed E-state index contributed by atoms with van der Waals surface area (Å²) in [5.74, 6) is -2.31. The van der Waals surface area contributed by atoms with Crippen molar-refractivity contribution in [3.05, 3.63) is 52.1 Å². The maximum Gasteiger partial charge on any atom is 0.343 e. The number of hydrogen-bond acceptors (Lipinski definition) is 6. The number of allylic oxidation sites excluding steroid dienone is 1. The number of rotatable bonds is 8. The topological polar surface area (TPSA) is 114 Å². The Morgan fingerprint density at radius 1 is 1.20 bits per heavy atom. The summed E-state index contributed by atoms with van der Waals surface area (Å²) in [6.07, 6.45) is 10.6. The minimum atomic E-state index is -1.50. The Bertz CT molecular complexity index is 987. The molecule has 7 nitrogen and oxygen atoms in total. The van der Waals surface area contributed by atoms with Crippen LogP contribution in [0.3, 0.4) is 0 Å². The van der Waals surface area contributed by atoms with Crippen LogP contribution >= 0.6 is 0 Å². The summed E-state index contributed by atoms with van der Waals surface area (Å²) in [4.78, 5) is 40.4. The van der Waals surface area contributed by atoms with Gasteiger partial charge in [-0.2, -0.15) is 0 Å². The molecule has 2 N–H and O–H groups in total. The number of ketones is 1. The molecule has 30 heavy (non-hydrogen) atoms. The van der Waals surface area contributed by atoms with E-state index in [-0.39, 0.29) is 16.9 Å². The van der Waals surface area contributed by atoms with Crippen molar-refractivity contribution in [1.29, 1.82) is 0 Å². The number of Topliss-reactive ketones (excluding diaryl/α,β-unsaturated/α-hetero) is 1.